The summed E-state index contributed by atoms with van der Waals surface area (Å²) in [5.74, 6) is 0.931. The number of urea groups is 2. The number of methoxy groups -OCH3 is 2. The minimum atomic E-state index is -4.15. The molecule has 14 nitrogen and oxygen atoms in total. The van der Waals surface area contributed by atoms with Gasteiger partial charge in [-0.05, 0) is 91.0 Å². The second-order valence-electron chi connectivity index (χ2n) is 10.2. The van der Waals surface area contributed by atoms with Gasteiger partial charge in [0, 0.05) is 34.9 Å². The fourth-order valence-corrected chi connectivity index (χ4v) is 6.19. The van der Waals surface area contributed by atoms with Gasteiger partial charge in [0.15, 0.2) is 0 Å². The Morgan fingerprint density at radius 1 is 0.440 bits per heavy atom. The first-order valence-corrected chi connectivity index (χ1v) is 17.4. The quantitative estimate of drug-likeness (QED) is 0.103. The van der Waals surface area contributed by atoms with Crippen LogP contribution in [0.15, 0.2) is 131 Å². The van der Waals surface area contributed by atoms with Crippen molar-refractivity contribution in [1.29, 1.82) is 0 Å². The van der Waals surface area contributed by atoms with Crippen molar-refractivity contribution in [2.45, 2.75) is 9.79 Å². The number of amides is 4. The first-order valence-electron chi connectivity index (χ1n) is 14.6. The molecule has 5 aromatic carbocycles. The molecule has 0 aliphatic rings. The van der Waals surface area contributed by atoms with Crippen LogP contribution in [-0.4, -0.2) is 43.1 Å². The molecule has 0 fully saturated rings. The van der Waals surface area contributed by atoms with E-state index in [1.807, 2.05) is 0 Å². The number of ether oxygens (including phenoxy) is 2. The van der Waals surface area contributed by atoms with E-state index in [9.17, 15) is 26.4 Å². The van der Waals surface area contributed by atoms with Crippen LogP contribution < -0.4 is 39.1 Å². The molecule has 5 rings (SSSR count). The van der Waals surface area contributed by atoms with E-state index in [1.165, 1.54) is 105 Å². The number of rotatable bonds is 12. The number of carbonyl (C=O) groups is 2. The van der Waals surface area contributed by atoms with E-state index in [-0.39, 0.29) is 32.7 Å². The molecule has 5 aromatic rings. The van der Waals surface area contributed by atoms with E-state index in [2.05, 4.69) is 21.3 Å². The second-order valence-corrected chi connectivity index (χ2v) is 13.3. The van der Waals surface area contributed by atoms with Gasteiger partial charge in [-0.2, -0.15) is 16.8 Å². The Hall–Kier alpha value is -6.26. The van der Waals surface area contributed by atoms with Gasteiger partial charge in [-0.3, -0.25) is 0 Å². The zero-order valence-corrected chi connectivity index (χ0v) is 28.1. The van der Waals surface area contributed by atoms with Crippen molar-refractivity contribution >= 4 is 55.0 Å². The molecule has 0 saturated carbocycles. The molecule has 0 spiro atoms. The molecule has 4 amide bonds. The Balaban J connectivity index is 1.15. The third-order valence-electron chi connectivity index (χ3n) is 6.67. The lowest BCUT2D eigenvalue weighted by atomic mass is 10.2. The van der Waals surface area contributed by atoms with Crippen LogP contribution in [0.3, 0.4) is 0 Å². The molecular weight excluding hydrogens is 689 g/mol. The van der Waals surface area contributed by atoms with Crippen LogP contribution in [0.2, 0.25) is 0 Å². The van der Waals surface area contributed by atoms with Gasteiger partial charge in [-0.1, -0.05) is 18.2 Å². The van der Waals surface area contributed by atoms with E-state index in [1.54, 1.807) is 30.3 Å². The highest BCUT2D eigenvalue weighted by molar-refractivity contribution is 7.87. The van der Waals surface area contributed by atoms with E-state index >= 15 is 0 Å². The SMILES string of the molecule is COc1ccc(S(=O)(=O)Oc2cccc(NC(=O)Nc3cccc(NC(=O)Nc4cccc(OS(=O)(=O)c5ccc(OC)cc5)c4)c3)c2)cc1. The summed E-state index contributed by atoms with van der Waals surface area (Å²) in [4.78, 5) is 25.3. The highest BCUT2D eigenvalue weighted by Gasteiger charge is 2.19. The normalized spacial score (nSPS) is 11.1. The van der Waals surface area contributed by atoms with Gasteiger partial charge in [0.05, 0.1) is 14.2 Å². The van der Waals surface area contributed by atoms with Crippen molar-refractivity contribution in [3.63, 3.8) is 0 Å². The summed E-state index contributed by atoms with van der Waals surface area (Å²) < 4.78 is 71.3. The van der Waals surface area contributed by atoms with Gasteiger partial charge in [0.2, 0.25) is 0 Å². The summed E-state index contributed by atoms with van der Waals surface area (Å²) in [5, 5.41) is 10.5. The highest BCUT2D eigenvalue weighted by atomic mass is 32.2. The van der Waals surface area contributed by atoms with Gasteiger partial charge in [0.1, 0.15) is 32.8 Å². The maximum absolute atomic E-state index is 12.7. The van der Waals surface area contributed by atoms with Gasteiger partial charge < -0.3 is 39.1 Å². The maximum Gasteiger partial charge on any atom is 0.339 e. The fourth-order valence-electron chi connectivity index (χ4n) is 4.35. The van der Waals surface area contributed by atoms with Gasteiger partial charge in [-0.15, -0.1) is 0 Å². The second kappa shape index (κ2) is 15.3. The van der Waals surface area contributed by atoms with Crippen molar-refractivity contribution in [2.75, 3.05) is 35.5 Å². The Kier molecular flexibility index (Phi) is 10.7. The Morgan fingerprint density at radius 3 is 1.10 bits per heavy atom. The topological polar surface area (TPSA) is 187 Å². The molecule has 258 valence electrons. The first-order chi connectivity index (χ1) is 23.9. The number of anilines is 4. The van der Waals surface area contributed by atoms with Crippen molar-refractivity contribution < 1.29 is 44.3 Å². The van der Waals surface area contributed by atoms with E-state index in [4.69, 9.17) is 17.8 Å². The average Bonchev–Trinajstić information content (AvgIpc) is 3.08. The standard InChI is InChI=1S/C34H30N4O10S2/c1-45-27-12-16-31(17-13-27)49(41,42)47-29-10-4-8-25(21-29)37-33(39)35-23-6-3-7-24(20-23)36-34(40)38-26-9-5-11-30(22-26)48-50(43,44)32-18-14-28(46-2)15-19-32/h3-22H,1-2H3,(H2,35,37,39)(H2,36,38,40). The maximum atomic E-state index is 12.7. The summed E-state index contributed by atoms with van der Waals surface area (Å²) in [5.41, 5.74) is 1.16. The molecule has 0 unspecified atom stereocenters. The molecule has 0 aliphatic carbocycles. The average molecular weight is 719 g/mol. The molecule has 0 radical (unpaired) electrons. The molecule has 0 saturated heterocycles. The number of hydrogen-bond acceptors (Lipinski definition) is 10. The monoisotopic (exact) mass is 718 g/mol. The van der Waals surface area contributed by atoms with E-state index in [0.717, 1.165) is 0 Å². The van der Waals surface area contributed by atoms with Crippen LogP contribution in [-0.2, 0) is 20.2 Å². The molecule has 0 aromatic heterocycles. The molecule has 50 heavy (non-hydrogen) atoms. The largest absolute Gasteiger partial charge is 0.497 e. The third kappa shape index (κ3) is 9.42. The third-order valence-corrected chi connectivity index (χ3v) is 9.19. The predicted molar refractivity (Wildman–Crippen MR) is 186 cm³/mol. The van der Waals surface area contributed by atoms with E-state index < -0.39 is 32.3 Å². The van der Waals surface area contributed by atoms with Crippen LogP contribution in [0.25, 0.3) is 0 Å². The molecule has 0 aliphatic heterocycles. The van der Waals surface area contributed by atoms with E-state index in [0.29, 0.717) is 22.9 Å². The minimum absolute atomic E-state index is 0.0215. The van der Waals surface area contributed by atoms with Crippen LogP contribution in [0.4, 0.5) is 32.3 Å². The lowest BCUT2D eigenvalue weighted by molar-refractivity contribution is 0.261. The lowest BCUT2D eigenvalue weighted by Crippen LogP contribution is -2.21. The highest BCUT2D eigenvalue weighted by Crippen LogP contribution is 2.26. The summed E-state index contributed by atoms with van der Waals surface area (Å²) in [6.45, 7) is 0. The first kappa shape index (κ1) is 35.1. The molecular formula is C34H30N4O10S2. The zero-order valence-electron chi connectivity index (χ0n) is 26.4. The Bertz CT molecular complexity index is 2060. The van der Waals surface area contributed by atoms with Crippen LogP contribution >= 0.6 is 0 Å². The van der Waals surface area contributed by atoms with Crippen molar-refractivity contribution in [1.82, 2.24) is 0 Å². The summed E-state index contributed by atoms with van der Waals surface area (Å²) >= 11 is 0. The molecule has 0 heterocycles. The number of nitrogens with one attached hydrogen (secondary N) is 4. The molecule has 0 bridgehead atoms. The van der Waals surface area contributed by atoms with Crippen LogP contribution in [0.5, 0.6) is 23.0 Å². The van der Waals surface area contributed by atoms with Crippen molar-refractivity contribution in [3.05, 3.63) is 121 Å². The minimum Gasteiger partial charge on any atom is -0.497 e. The summed E-state index contributed by atoms with van der Waals surface area (Å²) in [6.07, 6.45) is 0. The summed E-state index contributed by atoms with van der Waals surface area (Å²) in [7, 11) is -5.36. The molecule has 16 heteroatoms. The van der Waals surface area contributed by atoms with Gasteiger partial charge in [0.25, 0.3) is 0 Å². The van der Waals surface area contributed by atoms with Crippen molar-refractivity contribution in [3.8, 4) is 23.0 Å². The van der Waals surface area contributed by atoms with Crippen LogP contribution in [0, 0.1) is 0 Å². The summed E-state index contributed by atoms with van der Waals surface area (Å²) in [6, 6.07) is 28.0. The number of benzene rings is 5. The van der Waals surface area contributed by atoms with Crippen LogP contribution in [0.1, 0.15) is 0 Å². The zero-order chi connectivity index (χ0) is 35.7. The van der Waals surface area contributed by atoms with Gasteiger partial charge in [-0.25, -0.2) is 9.59 Å². The van der Waals surface area contributed by atoms with Crippen molar-refractivity contribution in [2.24, 2.45) is 0 Å². The molecule has 0 atom stereocenters. The Labute approximate surface area is 288 Å². The lowest BCUT2D eigenvalue weighted by Gasteiger charge is -2.12. The number of hydrogen-bond donors (Lipinski definition) is 4. The number of carbonyl (C=O) groups excluding carboxylic acids is 2. The fraction of sp³-hybridized carbons (Fsp3) is 0.0588. The Morgan fingerprint density at radius 2 is 0.760 bits per heavy atom. The molecule has 4 N–H and O–H groups in total. The predicted octanol–water partition coefficient (Wildman–Crippen LogP) is 6.53. The smallest absolute Gasteiger partial charge is 0.339 e. The van der Waals surface area contributed by atoms with Gasteiger partial charge >= 0.3 is 32.3 Å².